The molecule has 0 unspecified atom stereocenters. The van der Waals surface area contributed by atoms with Crippen molar-refractivity contribution in [2.24, 2.45) is 0 Å². The summed E-state index contributed by atoms with van der Waals surface area (Å²) >= 11 is 0. The molecule has 2 amide bonds. The van der Waals surface area contributed by atoms with Gasteiger partial charge in [0.25, 0.3) is 11.7 Å². The van der Waals surface area contributed by atoms with Crippen molar-refractivity contribution >= 4 is 39.9 Å². The second kappa shape index (κ2) is 7.57. The number of fused-ring (bicyclic) bond motifs is 2. The first-order valence-corrected chi connectivity index (χ1v) is 10.1. The SMILES string of the molecule is CC(=O)Nc1ccc([C@@H]2Nc3[nH+]c4ccccc4cc3C(=O)N2c2ccccc2)cc1. The molecule has 0 fully saturated rings. The van der Waals surface area contributed by atoms with E-state index in [2.05, 4.69) is 15.6 Å². The monoisotopic (exact) mass is 409 g/mol. The molecule has 6 heteroatoms. The Labute approximate surface area is 179 Å². The lowest BCUT2D eigenvalue weighted by Gasteiger charge is -2.33. The molecule has 0 radical (unpaired) electrons. The van der Waals surface area contributed by atoms with Crippen LogP contribution in [0.2, 0.25) is 0 Å². The molecule has 0 saturated heterocycles. The fraction of sp³-hybridized carbons (Fsp3) is 0.0800. The van der Waals surface area contributed by atoms with Crippen LogP contribution < -0.4 is 20.5 Å². The van der Waals surface area contributed by atoms with E-state index in [1.54, 1.807) is 4.90 Å². The molecule has 1 aliphatic rings. The van der Waals surface area contributed by atoms with Gasteiger partial charge in [-0.3, -0.25) is 14.5 Å². The van der Waals surface area contributed by atoms with Gasteiger partial charge in [-0.2, -0.15) is 0 Å². The lowest BCUT2D eigenvalue weighted by atomic mass is 10.0. The van der Waals surface area contributed by atoms with E-state index >= 15 is 0 Å². The fourth-order valence-corrected chi connectivity index (χ4v) is 3.94. The molecular weight excluding hydrogens is 388 g/mol. The largest absolute Gasteiger partial charge is 0.326 e. The quantitative estimate of drug-likeness (QED) is 0.527. The summed E-state index contributed by atoms with van der Waals surface area (Å²) < 4.78 is 0. The van der Waals surface area contributed by atoms with Crippen molar-refractivity contribution in [3.05, 3.63) is 96.1 Å². The van der Waals surface area contributed by atoms with Crippen LogP contribution in [0.25, 0.3) is 10.9 Å². The Morgan fingerprint density at radius 2 is 1.68 bits per heavy atom. The average Bonchev–Trinajstić information content (AvgIpc) is 2.78. The maximum atomic E-state index is 13.7. The number of para-hydroxylation sites is 2. The van der Waals surface area contributed by atoms with Gasteiger partial charge in [0.1, 0.15) is 11.1 Å². The number of H-pyrrole nitrogens is 1. The number of pyridine rings is 1. The number of anilines is 3. The first-order chi connectivity index (χ1) is 15.1. The highest BCUT2D eigenvalue weighted by molar-refractivity contribution is 6.12. The number of nitrogens with zero attached hydrogens (tertiary/aromatic N) is 1. The third-order valence-electron chi connectivity index (χ3n) is 5.36. The molecule has 1 aromatic heterocycles. The predicted molar refractivity (Wildman–Crippen MR) is 121 cm³/mol. The summed E-state index contributed by atoms with van der Waals surface area (Å²) in [7, 11) is 0. The van der Waals surface area contributed by atoms with Crippen LogP contribution in [0.15, 0.2) is 84.9 Å². The third-order valence-corrected chi connectivity index (χ3v) is 5.36. The summed E-state index contributed by atoms with van der Waals surface area (Å²) in [5.41, 5.74) is 3.96. The lowest BCUT2D eigenvalue weighted by Crippen LogP contribution is -2.45. The second-order valence-electron chi connectivity index (χ2n) is 7.51. The summed E-state index contributed by atoms with van der Waals surface area (Å²) in [6.45, 7) is 1.48. The Morgan fingerprint density at radius 3 is 2.42 bits per heavy atom. The molecule has 5 rings (SSSR count). The maximum Gasteiger partial charge on any atom is 0.287 e. The molecule has 31 heavy (non-hydrogen) atoms. The van der Waals surface area contributed by atoms with Gasteiger partial charge in [0.05, 0.1) is 0 Å². The van der Waals surface area contributed by atoms with Crippen molar-refractivity contribution in [1.82, 2.24) is 0 Å². The number of carbonyl (C=O) groups excluding carboxylic acids is 2. The standard InChI is InChI=1S/C25H20N4O2/c1-16(30)26-19-13-11-17(12-14-19)24-28-23-21(15-18-7-5-6-10-22(18)27-23)25(31)29(24)20-8-3-2-4-9-20/h2-15,24H,1H3,(H,26,30)(H,27,28)/p+1/t24-/m1/s1. The van der Waals surface area contributed by atoms with E-state index in [-0.39, 0.29) is 11.8 Å². The molecule has 4 aromatic rings. The van der Waals surface area contributed by atoms with Gasteiger partial charge < -0.3 is 5.32 Å². The number of nitrogens with one attached hydrogen (secondary N) is 3. The van der Waals surface area contributed by atoms with Gasteiger partial charge in [0.15, 0.2) is 0 Å². The van der Waals surface area contributed by atoms with E-state index in [4.69, 9.17) is 0 Å². The van der Waals surface area contributed by atoms with Gasteiger partial charge >= 0.3 is 0 Å². The van der Waals surface area contributed by atoms with E-state index in [1.807, 2.05) is 84.9 Å². The zero-order valence-corrected chi connectivity index (χ0v) is 16.9. The number of hydrogen-bond acceptors (Lipinski definition) is 3. The van der Waals surface area contributed by atoms with Crippen LogP contribution in [-0.2, 0) is 4.79 Å². The Bertz CT molecular complexity index is 1290. The van der Waals surface area contributed by atoms with Gasteiger partial charge in [-0.1, -0.05) is 48.5 Å². The Kier molecular flexibility index (Phi) is 4.59. The minimum Gasteiger partial charge on any atom is -0.326 e. The van der Waals surface area contributed by atoms with E-state index < -0.39 is 6.17 Å². The summed E-state index contributed by atoms with van der Waals surface area (Å²) in [4.78, 5) is 30.1. The van der Waals surface area contributed by atoms with Crippen LogP contribution in [-0.4, -0.2) is 11.8 Å². The Balaban J connectivity index is 1.62. The van der Waals surface area contributed by atoms with Crippen molar-refractivity contribution in [3.63, 3.8) is 0 Å². The zero-order chi connectivity index (χ0) is 21.4. The fourth-order valence-electron chi connectivity index (χ4n) is 3.94. The van der Waals surface area contributed by atoms with Crippen molar-refractivity contribution in [2.75, 3.05) is 15.5 Å². The number of rotatable bonds is 3. The highest BCUT2D eigenvalue weighted by Gasteiger charge is 2.39. The summed E-state index contributed by atoms with van der Waals surface area (Å²) in [6, 6.07) is 26.9. The van der Waals surface area contributed by atoms with Crippen LogP contribution in [0.5, 0.6) is 0 Å². The van der Waals surface area contributed by atoms with Crippen LogP contribution in [0.4, 0.5) is 17.2 Å². The summed E-state index contributed by atoms with van der Waals surface area (Å²) in [5.74, 6) is 0.477. The van der Waals surface area contributed by atoms with Crippen LogP contribution in [0.3, 0.4) is 0 Å². The number of aromatic amines is 1. The van der Waals surface area contributed by atoms with E-state index in [1.165, 1.54) is 6.92 Å². The predicted octanol–water partition coefficient (Wildman–Crippen LogP) is 4.38. The van der Waals surface area contributed by atoms with Crippen molar-refractivity contribution < 1.29 is 14.6 Å². The number of aromatic nitrogens is 1. The Hall–Kier alpha value is -4.19. The van der Waals surface area contributed by atoms with E-state index in [0.717, 1.165) is 22.2 Å². The van der Waals surface area contributed by atoms with Gasteiger partial charge in [-0.05, 0) is 36.4 Å². The topological polar surface area (TPSA) is 75.6 Å². The molecule has 3 aromatic carbocycles. The van der Waals surface area contributed by atoms with Gasteiger partial charge in [-0.15, -0.1) is 0 Å². The van der Waals surface area contributed by atoms with E-state index in [9.17, 15) is 9.59 Å². The van der Waals surface area contributed by atoms with Gasteiger partial charge in [0, 0.05) is 29.2 Å². The summed E-state index contributed by atoms with van der Waals surface area (Å²) in [6.07, 6.45) is -0.411. The highest BCUT2D eigenvalue weighted by Crippen LogP contribution is 2.36. The van der Waals surface area contributed by atoms with Crippen molar-refractivity contribution in [3.8, 4) is 0 Å². The maximum absolute atomic E-state index is 13.7. The van der Waals surface area contributed by atoms with Crippen molar-refractivity contribution in [1.29, 1.82) is 0 Å². The molecule has 2 heterocycles. The molecule has 1 atom stereocenters. The summed E-state index contributed by atoms with van der Waals surface area (Å²) in [5, 5.41) is 7.26. The molecule has 0 spiro atoms. The smallest absolute Gasteiger partial charge is 0.287 e. The number of hydrogen-bond donors (Lipinski definition) is 2. The molecule has 0 bridgehead atoms. The lowest BCUT2D eigenvalue weighted by molar-refractivity contribution is -0.328. The first kappa shape index (κ1) is 18.8. The zero-order valence-electron chi connectivity index (χ0n) is 16.9. The number of amides is 2. The molecule has 6 nitrogen and oxygen atoms in total. The minimum atomic E-state index is -0.411. The molecule has 0 saturated carbocycles. The van der Waals surface area contributed by atoms with Gasteiger partial charge in [0.2, 0.25) is 12.1 Å². The van der Waals surface area contributed by atoms with Crippen LogP contribution in [0.1, 0.15) is 29.0 Å². The second-order valence-corrected chi connectivity index (χ2v) is 7.51. The first-order valence-electron chi connectivity index (χ1n) is 10.1. The molecule has 1 aliphatic heterocycles. The molecule has 0 aliphatic carbocycles. The van der Waals surface area contributed by atoms with Gasteiger partial charge in [-0.25, -0.2) is 10.3 Å². The average molecular weight is 409 g/mol. The van der Waals surface area contributed by atoms with E-state index in [0.29, 0.717) is 17.1 Å². The molecule has 152 valence electrons. The van der Waals surface area contributed by atoms with Crippen LogP contribution in [0, 0.1) is 0 Å². The minimum absolute atomic E-state index is 0.0853. The Morgan fingerprint density at radius 1 is 0.968 bits per heavy atom. The normalized spacial score (nSPS) is 15.3. The highest BCUT2D eigenvalue weighted by atomic mass is 16.2. The molecule has 3 N–H and O–H groups in total. The van der Waals surface area contributed by atoms with Crippen LogP contribution >= 0.6 is 0 Å². The number of carbonyl (C=O) groups is 2. The molecular formula is C25H21N4O2+. The number of benzene rings is 3. The van der Waals surface area contributed by atoms with Crippen molar-refractivity contribution in [2.45, 2.75) is 13.1 Å². The third kappa shape index (κ3) is 3.48.